The Labute approximate surface area is 135 Å². The Balaban J connectivity index is 1.80. The van der Waals surface area contributed by atoms with Crippen molar-refractivity contribution >= 4 is 11.8 Å². The lowest BCUT2D eigenvalue weighted by Gasteiger charge is -2.35. The molecule has 23 heavy (non-hydrogen) atoms. The summed E-state index contributed by atoms with van der Waals surface area (Å²) < 4.78 is 4.91. The molecule has 0 atom stereocenters. The van der Waals surface area contributed by atoms with Crippen LogP contribution in [-0.2, 0) is 9.53 Å². The number of piperazine rings is 1. The summed E-state index contributed by atoms with van der Waals surface area (Å²) in [6, 6.07) is 6.51. The number of benzene rings is 1. The molecule has 0 unspecified atom stereocenters. The number of phenolic OH excluding ortho intramolecular Hbond substituents is 1. The van der Waals surface area contributed by atoms with Crippen LogP contribution >= 0.6 is 0 Å². The zero-order valence-corrected chi connectivity index (χ0v) is 13.3. The van der Waals surface area contributed by atoms with Gasteiger partial charge in [-0.25, -0.2) is 0 Å². The summed E-state index contributed by atoms with van der Waals surface area (Å²) in [4.78, 5) is 27.8. The normalized spacial score (nSPS) is 14.8. The zero-order chi connectivity index (χ0) is 16.7. The molecule has 0 saturated carbocycles. The van der Waals surface area contributed by atoms with Gasteiger partial charge in [0, 0.05) is 39.8 Å². The highest BCUT2D eigenvalue weighted by atomic mass is 16.5. The van der Waals surface area contributed by atoms with Crippen LogP contribution in [0.4, 0.5) is 0 Å². The summed E-state index contributed by atoms with van der Waals surface area (Å²) in [5, 5.41) is 12.8. The smallest absolute Gasteiger partial charge is 0.257 e. The van der Waals surface area contributed by atoms with Gasteiger partial charge in [-0.2, -0.15) is 0 Å². The molecule has 1 saturated heterocycles. The molecule has 2 amide bonds. The van der Waals surface area contributed by atoms with Crippen LogP contribution in [0, 0.1) is 0 Å². The number of carbonyl (C=O) groups is 2. The van der Waals surface area contributed by atoms with Crippen molar-refractivity contribution in [2.75, 3.05) is 53.0 Å². The summed E-state index contributed by atoms with van der Waals surface area (Å²) in [6.07, 6.45) is 0. The SMILES string of the molecule is COCCNCC(=O)N1CCN(C(=O)c2ccccc2O)CC1. The standard InChI is InChI=1S/C16H23N3O4/c1-23-11-6-17-12-15(21)18-7-9-19(10-8-18)16(22)13-4-2-3-5-14(13)20/h2-5,17,20H,6-12H2,1H3. The van der Waals surface area contributed by atoms with Gasteiger partial charge in [0.15, 0.2) is 0 Å². The van der Waals surface area contributed by atoms with E-state index in [9.17, 15) is 14.7 Å². The number of hydrogen-bond donors (Lipinski definition) is 2. The van der Waals surface area contributed by atoms with Crippen molar-refractivity contribution in [3.8, 4) is 5.75 Å². The van der Waals surface area contributed by atoms with Gasteiger partial charge in [-0.15, -0.1) is 0 Å². The van der Waals surface area contributed by atoms with Gasteiger partial charge in [-0.05, 0) is 12.1 Å². The average molecular weight is 321 g/mol. The van der Waals surface area contributed by atoms with Crippen molar-refractivity contribution in [3.05, 3.63) is 29.8 Å². The number of aromatic hydroxyl groups is 1. The van der Waals surface area contributed by atoms with Crippen LogP contribution in [0.25, 0.3) is 0 Å². The Bertz CT molecular complexity index is 542. The quantitative estimate of drug-likeness (QED) is 0.716. The van der Waals surface area contributed by atoms with Gasteiger partial charge < -0.3 is 25.0 Å². The number of methoxy groups -OCH3 is 1. The van der Waals surface area contributed by atoms with Crippen LogP contribution in [-0.4, -0.2) is 79.7 Å². The topological polar surface area (TPSA) is 82.1 Å². The lowest BCUT2D eigenvalue weighted by atomic mass is 10.1. The van der Waals surface area contributed by atoms with Crippen molar-refractivity contribution < 1.29 is 19.4 Å². The highest BCUT2D eigenvalue weighted by molar-refractivity contribution is 5.97. The summed E-state index contributed by atoms with van der Waals surface area (Å²) in [5.74, 6) is -0.192. The van der Waals surface area contributed by atoms with E-state index >= 15 is 0 Å². The third-order valence-corrected chi connectivity index (χ3v) is 3.81. The minimum atomic E-state index is -0.201. The van der Waals surface area contributed by atoms with Crippen molar-refractivity contribution in [2.45, 2.75) is 0 Å². The largest absolute Gasteiger partial charge is 0.507 e. The highest BCUT2D eigenvalue weighted by Crippen LogP contribution is 2.18. The van der Waals surface area contributed by atoms with Gasteiger partial charge in [0.2, 0.25) is 5.91 Å². The average Bonchev–Trinajstić information content (AvgIpc) is 2.58. The monoisotopic (exact) mass is 321 g/mol. The van der Waals surface area contributed by atoms with Crippen LogP contribution in [0.1, 0.15) is 10.4 Å². The molecule has 2 rings (SSSR count). The number of phenols is 1. The number of nitrogens with one attached hydrogen (secondary N) is 1. The maximum atomic E-state index is 12.4. The van der Waals surface area contributed by atoms with Gasteiger partial charge in [0.05, 0.1) is 18.7 Å². The van der Waals surface area contributed by atoms with Crippen LogP contribution in [0.3, 0.4) is 0 Å². The van der Waals surface area contributed by atoms with Crippen molar-refractivity contribution in [3.63, 3.8) is 0 Å². The molecule has 1 heterocycles. The Kier molecular flexibility index (Phi) is 6.37. The summed E-state index contributed by atoms with van der Waals surface area (Å²) in [7, 11) is 1.62. The fourth-order valence-electron chi connectivity index (χ4n) is 2.47. The molecule has 0 radical (unpaired) electrons. The molecular weight excluding hydrogens is 298 g/mol. The Morgan fingerprint density at radius 1 is 1.17 bits per heavy atom. The maximum Gasteiger partial charge on any atom is 0.257 e. The minimum absolute atomic E-state index is 0.0154. The maximum absolute atomic E-state index is 12.4. The highest BCUT2D eigenvalue weighted by Gasteiger charge is 2.25. The predicted molar refractivity (Wildman–Crippen MR) is 85.3 cm³/mol. The number of amides is 2. The van der Waals surface area contributed by atoms with Crippen molar-refractivity contribution in [1.82, 2.24) is 15.1 Å². The molecule has 1 aliphatic heterocycles. The van der Waals surface area contributed by atoms with Crippen LogP contribution < -0.4 is 5.32 Å². The first kappa shape index (κ1) is 17.2. The van der Waals surface area contributed by atoms with E-state index in [0.29, 0.717) is 44.9 Å². The molecule has 1 aromatic carbocycles. The molecule has 0 spiro atoms. The molecule has 7 heteroatoms. The van der Waals surface area contributed by atoms with E-state index in [-0.39, 0.29) is 24.1 Å². The molecule has 126 valence electrons. The second-order valence-corrected chi connectivity index (χ2v) is 5.36. The lowest BCUT2D eigenvalue weighted by molar-refractivity contribution is -0.131. The Hall–Kier alpha value is -2.12. The van der Waals surface area contributed by atoms with Gasteiger partial charge in [0.1, 0.15) is 5.75 Å². The molecule has 0 aromatic heterocycles. The predicted octanol–water partition coefficient (Wildman–Crippen LogP) is -0.0874. The van der Waals surface area contributed by atoms with E-state index in [4.69, 9.17) is 4.74 Å². The second-order valence-electron chi connectivity index (χ2n) is 5.36. The third-order valence-electron chi connectivity index (χ3n) is 3.81. The first-order chi connectivity index (χ1) is 11.1. The molecule has 0 aliphatic carbocycles. The number of carbonyl (C=O) groups excluding carboxylic acids is 2. The summed E-state index contributed by atoms with van der Waals surface area (Å²) in [6.45, 7) is 3.42. The van der Waals surface area contributed by atoms with Crippen LogP contribution in [0.5, 0.6) is 5.75 Å². The lowest BCUT2D eigenvalue weighted by Crippen LogP contribution is -2.52. The van der Waals surface area contributed by atoms with E-state index in [0.717, 1.165) is 0 Å². The number of ether oxygens (including phenoxy) is 1. The van der Waals surface area contributed by atoms with Crippen LogP contribution in [0.2, 0.25) is 0 Å². The molecular formula is C16H23N3O4. The van der Waals surface area contributed by atoms with E-state index in [1.165, 1.54) is 6.07 Å². The number of hydrogen-bond acceptors (Lipinski definition) is 5. The molecule has 2 N–H and O–H groups in total. The fraction of sp³-hybridized carbons (Fsp3) is 0.500. The first-order valence-corrected chi connectivity index (χ1v) is 7.68. The van der Waals surface area contributed by atoms with Crippen LogP contribution in [0.15, 0.2) is 24.3 Å². The van der Waals surface area contributed by atoms with Gasteiger partial charge in [0.25, 0.3) is 5.91 Å². The van der Waals surface area contributed by atoms with Crippen molar-refractivity contribution in [1.29, 1.82) is 0 Å². The Morgan fingerprint density at radius 3 is 2.48 bits per heavy atom. The zero-order valence-electron chi connectivity index (χ0n) is 13.3. The number of para-hydroxylation sites is 1. The van der Waals surface area contributed by atoms with E-state index < -0.39 is 0 Å². The molecule has 1 aliphatic rings. The fourth-order valence-corrected chi connectivity index (χ4v) is 2.47. The second kappa shape index (κ2) is 8.50. The molecule has 1 fully saturated rings. The molecule has 0 bridgehead atoms. The molecule has 1 aromatic rings. The number of nitrogens with zero attached hydrogens (tertiary/aromatic N) is 2. The van der Waals surface area contributed by atoms with E-state index in [1.807, 2.05) is 0 Å². The number of rotatable bonds is 6. The van der Waals surface area contributed by atoms with E-state index in [1.54, 1.807) is 35.1 Å². The van der Waals surface area contributed by atoms with E-state index in [2.05, 4.69) is 5.32 Å². The van der Waals surface area contributed by atoms with Crippen molar-refractivity contribution in [2.24, 2.45) is 0 Å². The van der Waals surface area contributed by atoms with Gasteiger partial charge in [-0.1, -0.05) is 12.1 Å². The summed E-state index contributed by atoms with van der Waals surface area (Å²) in [5.41, 5.74) is 0.300. The minimum Gasteiger partial charge on any atom is -0.507 e. The summed E-state index contributed by atoms with van der Waals surface area (Å²) >= 11 is 0. The van der Waals surface area contributed by atoms with Gasteiger partial charge in [-0.3, -0.25) is 9.59 Å². The Morgan fingerprint density at radius 2 is 1.83 bits per heavy atom. The first-order valence-electron chi connectivity index (χ1n) is 7.68. The third kappa shape index (κ3) is 4.67. The van der Waals surface area contributed by atoms with Gasteiger partial charge >= 0.3 is 0 Å². The molecule has 7 nitrogen and oxygen atoms in total.